The summed E-state index contributed by atoms with van der Waals surface area (Å²) in [4.78, 5) is 15.9. The lowest BCUT2D eigenvalue weighted by molar-refractivity contribution is 0.102. The smallest absolute Gasteiger partial charge is 0.257 e. The Morgan fingerprint density at radius 2 is 2.05 bits per heavy atom. The number of benzene rings is 1. The van der Waals surface area contributed by atoms with Crippen LogP contribution >= 0.6 is 15.9 Å². The molecule has 1 heterocycles. The first kappa shape index (κ1) is 13.7. The maximum atomic E-state index is 12.0. The van der Waals surface area contributed by atoms with Crippen LogP contribution in [0, 0.1) is 0 Å². The molecular weight excluding hydrogens is 308 g/mol. The number of anilines is 1. The first-order chi connectivity index (χ1) is 9.19. The van der Waals surface area contributed by atoms with Gasteiger partial charge in [0.2, 0.25) is 0 Å². The Labute approximate surface area is 119 Å². The summed E-state index contributed by atoms with van der Waals surface area (Å²) in [6, 6.07) is 9.24. The summed E-state index contributed by atoms with van der Waals surface area (Å²) in [5.41, 5.74) is 2.31. The van der Waals surface area contributed by atoms with Gasteiger partial charge in [0.15, 0.2) is 0 Å². The molecule has 0 aliphatic heterocycles. The number of hydrogen-bond donors (Lipinski definition) is 1. The molecule has 98 valence electrons. The van der Waals surface area contributed by atoms with Crippen molar-refractivity contribution < 1.29 is 9.53 Å². The molecule has 0 saturated heterocycles. The second-order valence-corrected chi connectivity index (χ2v) is 4.89. The van der Waals surface area contributed by atoms with Crippen molar-refractivity contribution in [2.75, 3.05) is 12.4 Å². The quantitative estimate of drug-likeness (QED) is 0.940. The van der Waals surface area contributed by atoms with E-state index in [1.807, 2.05) is 24.3 Å². The van der Waals surface area contributed by atoms with E-state index in [-0.39, 0.29) is 5.91 Å². The average molecular weight is 321 g/mol. The van der Waals surface area contributed by atoms with Gasteiger partial charge in [-0.3, -0.25) is 9.78 Å². The van der Waals surface area contributed by atoms with Crippen molar-refractivity contribution in [3.8, 4) is 0 Å². The zero-order valence-corrected chi connectivity index (χ0v) is 12.0. The van der Waals surface area contributed by atoms with E-state index in [0.29, 0.717) is 12.2 Å². The second-order valence-electron chi connectivity index (χ2n) is 3.98. The number of hydrogen-bond acceptors (Lipinski definition) is 3. The monoisotopic (exact) mass is 320 g/mol. The largest absolute Gasteiger partial charge is 0.380 e. The molecule has 0 spiro atoms. The lowest BCUT2D eigenvalue weighted by Gasteiger charge is -2.06. The van der Waals surface area contributed by atoms with Gasteiger partial charge in [-0.25, -0.2) is 0 Å². The van der Waals surface area contributed by atoms with Crippen LogP contribution in [0.15, 0.2) is 47.2 Å². The fourth-order valence-electron chi connectivity index (χ4n) is 1.59. The number of carbonyl (C=O) groups is 1. The van der Waals surface area contributed by atoms with Crippen LogP contribution in [0.5, 0.6) is 0 Å². The number of carbonyl (C=O) groups excluding carboxylic acids is 1. The standard InChI is InChI=1S/C14H13BrN2O2/c1-19-9-10-2-4-13(5-3-10)17-14(18)11-6-12(15)8-16-7-11/h2-8H,9H2,1H3,(H,17,18). The number of amides is 1. The molecule has 19 heavy (non-hydrogen) atoms. The molecule has 0 fully saturated rings. The van der Waals surface area contributed by atoms with Gasteiger partial charge in [-0.2, -0.15) is 0 Å². The predicted octanol–water partition coefficient (Wildman–Crippen LogP) is 3.24. The van der Waals surface area contributed by atoms with Crippen LogP contribution < -0.4 is 5.32 Å². The topological polar surface area (TPSA) is 51.2 Å². The number of halogens is 1. The molecule has 1 aromatic heterocycles. The number of ether oxygens (including phenoxy) is 1. The van der Waals surface area contributed by atoms with Crippen LogP contribution in [-0.4, -0.2) is 18.0 Å². The summed E-state index contributed by atoms with van der Waals surface area (Å²) in [5, 5.41) is 2.81. The minimum Gasteiger partial charge on any atom is -0.380 e. The average Bonchev–Trinajstić information content (AvgIpc) is 2.41. The van der Waals surface area contributed by atoms with Crippen molar-refractivity contribution in [1.29, 1.82) is 0 Å². The van der Waals surface area contributed by atoms with Crippen LogP contribution in [-0.2, 0) is 11.3 Å². The van der Waals surface area contributed by atoms with Gasteiger partial charge in [0.05, 0.1) is 12.2 Å². The highest BCUT2D eigenvalue weighted by molar-refractivity contribution is 9.10. The van der Waals surface area contributed by atoms with E-state index < -0.39 is 0 Å². The van der Waals surface area contributed by atoms with Crippen molar-refractivity contribution in [2.45, 2.75) is 6.61 Å². The Hall–Kier alpha value is -1.72. The Balaban J connectivity index is 2.06. The van der Waals surface area contributed by atoms with Gasteiger partial charge in [-0.1, -0.05) is 12.1 Å². The van der Waals surface area contributed by atoms with Crippen LogP contribution in [0.25, 0.3) is 0 Å². The molecule has 0 atom stereocenters. The van der Waals surface area contributed by atoms with E-state index in [4.69, 9.17) is 4.74 Å². The summed E-state index contributed by atoms with van der Waals surface area (Å²) >= 11 is 3.29. The molecule has 0 aliphatic carbocycles. The van der Waals surface area contributed by atoms with Crippen molar-refractivity contribution in [3.63, 3.8) is 0 Å². The Bertz CT molecular complexity index is 570. The van der Waals surface area contributed by atoms with Crippen LogP contribution in [0.4, 0.5) is 5.69 Å². The van der Waals surface area contributed by atoms with Gasteiger partial charge in [0.25, 0.3) is 5.91 Å². The fourth-order valence-corrected chi connectivity index (χ4v) is 1.96. The van der Waals surface area contributed by atoms with Gasteiger partial charge in [-0.05, 0) is 39.7 Å². The Morgan fingerprint density at radius 3 is 2.68 bits per heavy atom. The zero-order chi connectivity index (χ0) is 13.7. The first-order valence-corrected chi connectivity index (χ1v) is 6.48. The molecule has 0 aliphatic rings. The van der Waals surface area contributed by atoms with Gasteiger partial charge in [0, 0.05) is 29.7 Å². The highest BCUT2D eigenvalue weighted by Gasteiger charge is 2.06. The number of pyridine rings is 1. The summed E-state index contributed by atoms with van der Waals surface area (Å²) in [6.07, 6.45) is 3.16. The molecule has 1 N–H and O–H groups in total. The van der Waals surface area contributed by atoms with E-state index in [0.717, 1.165) is 15.7 Å². The molecule has 5 heteroatoms. The van der Waals surface area contributed by atoms with Gasteiger partial charge in [-0.15, -0.1) is 0 Å². The van der Waals surface area contributed by atoms with Crippen LogP contribution in [0.3, 0.4) is 0 Å². The molecule has 4 nitrogen and oxygen atoms in total. The molecule has 2 rings (SSSR count). The number of nitrogens with one attached hydrogen (secondary N) is 1. The van der Waals surface area contributed by atoms with Crippen molar-refractivity contribution >= 4 is 27.5 Å². The summed E-state index contributed by atoms with van der Waals surface area (Å²) in [7, 11) is 1.65. The summed E-state index contributed by atoms with van der Waals surface area (Å²) in [6.45, 7) is 0.559. The number of aromatic nitrogens is 1. The van der Waals surface area contributed by atoms with Crippen molar-refractivity contribution in [1.82, 2.24) is 4.98 Å². The minimum atomic E-state index is -0.187. The molecule has 0 radical (unpaired) electrons. The Kier molecular flexibility index (Phi) is 4.65. The lowest BCUT2D eigenvalue weighted by atomic mass is 10.2. The minimum absolute atomic E-state index is 0.187. The van der Waals surface area contributed by atoms with Crippen molar-refractivity contribution in [2.24, 2.45) is 0 Å². The van der Waals surface area contributed by atoms with Crippen LogP contribution in [0.2, 0.25) is 0 Å². The second kappa shape index (κ2) is 6.45. The normalized spacial score (nSPS) is 10.2. The zero-order valence-electron chi connectivity index (χ0n) is 10.4. The third-order valence-corrected chi connectivity index (χ3v) is 2.92. The molecule has 1 aromatic carbocycles. The number of methoxy groups -OCH3 is 1. The fraction of sp³-hybridized carbons (Fsp3) is 0.143. The number of rotatable bonds is 4. The highest BCUT2D eigenvalue weighted by Crippen LogP contribution is 2.14. The molecule has 2 aromatic rings. The number of nitrogens with zero attached hydrogens (tertiary/aromatic N) is 1. The molecule has 0 saturated carbocycles. The lowest BCUT2D eigenvalue weighted by Crippen LogP contribution is -2.12. The van der Waals surface area contributed by atoms with E-state index in [1.165, 1.54) is 6.20 Å². The molecule has 0 bridgehead atoms. The molecule has 0 unspecified atom stereocenters. The van der Waals surface area contributed by atoms with E-state index in [1.54, 1.807) is 19.4 Å². The summed E-state index contributed by atoms with van der Waals surface area (Å²) < 4.78 is 5.80. The highest BCUT2D eigenvalue weighted by atomic mass is 79.9. The SMILES string of the molecule is COCc1ccc(NC(=O)c2cncc(Br)c2)cc1. The van der Waals surface area contributed by atoms with Crippen molar-refractivity contribution in [3.05, 3.63) is 58.3 Å². The first-order valence-electron chi connectivity index (χ1n) is 5.69. The maximum absolute atomic E-state index is 12.0. The van der Waals surface area contributed by atoms with Gasteiger partial charge >= 0.3 is 0 Å². The maximum Gasteiger partial charge on any atom is 0.257 e. The molecular formula is C14H13BrN2O2. The van der Waals surface area contributed by atoms with E-state index >= 15 is 0 Å². The Morgan fingerprint density at radius 1 is 1.32 bits per heavy atom. The van der Waals surface area contributed by atoms with Crippen LogP contribution in [0.1, 0.15) is 15.9 Å². The van der Waals surface area contributed by atoms with E-state index in [2.05, 4.69) is 26.2 Å². The predicted molar refractivity (Wildman–Crippen MR) is 77.0 cm³/mol. The third kappa shape index (κ3) is 3.87. The molecule has 1 amide bonds. The van der Waals surface area contributed by atoms with E-state index in [9.17, 15) is 4.79 Å². The summed E-state index contributed by atoms with van der Waals surface area (Å²) in [5.74, 6) is -0.187. The van der Waals surface area contributed by atoms with Gasteiger partial charge < -0.3 is 10.1 Å². The van der Waals surface area contributed by atoms with Gasteiger partial charge in [0.1, 0.15) is 0 Å². The third-order valence-electron chi connectivity index (χ3n) is 2.49.